The van der Waals surface area contributed by atoms with Crippen molar-refractivity contribution in [3.8, 4) is 0 Å². The van der Waals surface area contributed by atoms with Crippen molar-refractivity contribution in [1.82, 2.24) is 5.32 Å². The Morgan fingerprint density at radius 2 is 1.91 bits per heavy atom. The number of esters is 1. The van der Waals surface area contributed by atoms with Crippen molar-refractivity contribution in [2.24, 2.45) is 5.92 Å². The van der Waals surface area contributed by atoms with E-state index in [1.807, 2.05) is 30.3 Å². The normalized spacial score (nSPS) is 23.8. The van der Waals surface area contributed by atoms with E-state index in [4.69, 9.17) is 14.2 Å². The van der Waals surface area contributed by atoms with Crippen LogP contribution in [0.15, 0.2) is 30.3 Å². The minimum absolute atomic E-state index is 0.0662. The van der Waals surface area contributed by atoms with Gasteiger partial charge in [0.1, 0.15) is 6.61 Å². The number of nitrogens with one attached hydrogen (secondary N) is 1. The first-order valence-corrected chi connectivity index (χ1v) is 7.22. The summed E-state index contributed by atoms with van der Waals surface area (Å²) in [6.07, 6.45) is 0.492. The Morgan fingerprint density at radius 1 is 1.18 bits per heavy atom. The molecular formula is C16H21NO5. The summed E-state index contributed by atoms with van der Waals surface area (Å²) in [5.74, 6) is -0.743. The fourth-order valence-electron chi connectivity index (χ4n) is 2.67. The lowest BCUT2D eigenvalue weighted by Crippen LogP contribution is -2.40. The third kappa shape index (κ3) is 4.21. The van der Waals surface area contributed by atoms with E-state index >= 15 is 0 Å². The number of carbonyl (C=O) groups is 2. The fraction of sp³-hybridized carbons (Fsp3) is 0.500. The second kappa shape index (κ2) is 7.79. The summed E-state index contributed by atoms with van der Waals surface area (Å²) in [4.78, 5) is 23.7. The molecule has 0 spiro atoms. The number of hydrogen-bond donors (Lipinski definition) is 1. The minimum Gasteiger partial charge on any atom is -0.469 e. The maximum absolute atomic E-state index is 11.9. The zero-order chi connectivity index (χ0) is 15.9. The molecule has 1 saturated carbocycles. The summed E-state index contributed by atoms with van der Waals surface area (Å²) in [7, 11) is 2.93. The molecule has 1 amide bonds. The molecule has 0 bridgehead atoms. The van der Waals surface area contributed by atoms with Crippen molar-refractivity contribution < 1.29 is 23.8 Å². The van der Waals surface area contributed by atoms with Crippen molar-refractivity contribution in [3.05, 3.63) is 35.9 Å². The molecule has 1 fully saturated rings. The van der Waals surface area contributed by atoms with Crippen molar-refractivity contribution in [3.63, 3.8) is 0 Å². The van der Waals surface area contributed by atoms with Gasteiger partial charge in [-0.25, -0.2) is 4.79 Å². The highest BCUT2D eigenvalue weighted by molar-refractivity contribution is 5.75. The van der Waals surface area contributed by atoms with Crippen LogP contribution < -0.4 is 5.32 Å². The molecule has 6 heteroatoms. The van der Waals surface area contributed by atoms with Crippen LogP contribution in [0.5, 0.6) is 0 Å². The Labute approximate surface area is 129 Å². The first kappa shape index (κ1) is 16.3. The minimum atomic E-state index is -0.542. The van der Waals surface area contributed by atoms with E-state index in [0.29, 0.717) is 12.8 Å². The van der Waals surface area contributed by atoms with E-state index in [1.165, 1.54) is 7.11 Å². The van der Waals surface area contributed by atoms with Gasteiger partial charge in [0.05, 0.1) is 19.1 Å². The predicted octanol–water partition coefficient (Wildman–Crippen LogP) is 1.88. The van der Waals surface area contributed by atoms with Gasteiger partial charge in [-0.15, -0.1) is 0 Å². The highest BCUT2D eigenvalue weighted by Crippen LogP contribution is 2.29. The van der Waals surface area contributed by atoms with E-state index < -0.39 is 12.0 Å². The Morgan fingerprint density at radius 3 is 2.55 bits per heavy atom. The lowest BCUT2D eigenvalue weighted by molar-refractivity contribution is -0.146. The monoisotopic (exact) mass is 307 g/mol. The van der Waals surface area contributed by atoms with E-state index in [-0.39, 0.29) is 24.7 Å². The molecule has 0 unspecified atom stereocenters. The highest BCUT2D eigenvalue weighted by Gasteiger charge is 2.40. The molecule has 1 aliphatic rings. The van der Waals surface area contributed by atoms with Gasteiger partial charge in [-0.1, -0.05) is 30.3 Å². The molecule has 22 heavy (non-hydrogen) atoms. The Bertz CT molecular complexity index is 505. The number of methoxy groups -OCH3 is 2. The van der Waals surface area contributed by atoms with Crippen LogP contribution in [0, 0.1) is 5.92 Å². The van der Waals surface area contributed by atoms with Gasteiger partial charge in [0.25, 0.3) is 0 Å². The van der Waals surface area contributed by atoms with Gasteiger partial charge in [-0.05, 0) is 18.4 Å². The van der Waals surface area contributed by atoms with Gasteiger partial charge in [-0.2, -0.15) is 0 Å². The summed E-state index contributed by atoms with van der Waals surface area (Å²) in [6.45, 7) is 0.190. The molecule has 0 aromatic heterocycles. The fourth-order valence-corrected chi connectivity index (χ4v) is 2.67. The molecule has 0 aliphatic heterocycles. The van der Waals surface area contributed by atoms with Gasteiger partial charge in [0, 0.05) is 13.2 Å². The number of amides is 1. The maximum atomic E-state index is 11.9. The quantitative estimate of drug-likeness (QED) is 0.841. The van der Waals surface area contributed by atoms with Crippen LogP contribution in [0.25, 0.3) is 0 Å². The van der Waals surface area contributed by atoms with E-state index in [2.05, 4.69) is 5.32 Å². The smallest absolute Gasteiger partial charge is 0.407 e. The number of hydrogen-bond acceptors (Lipinski definition) is 5. The third-order valence-corrected chi connectivity index (χ3v) is 3.87. The Hall–Kier alpha value is -2.08. The van der Waals surface area contributed by atoms with Gasteiger partial charge >= 0.3 is 12.1 Å². The first-order chi connectivity index (χ1) is 10.6. The molecular weight excluding hydrogens is 286 g/mol. The average Bonchev–Trinajstić information content (AvgIpc) is 2.96. The number of alkyl carbamates (subject to hydrolysis) is 1. The van der Waals surface area contributed by atoms with Crippen molar-refractivity contribution in [2.45, 2.75) is 31.6 Å². The second-order valence-corrected chi connectivity index (χ2v) is 5.27. The lowest BCUT2D eigenvalue weighted by Gasteiger charge is -2.18. The first-order valence-electron chi connectivity index (χ1n) is 7.22. The largest absolute Gasteiger partial charge is 0.469 e. The molecule has 1 aromatic rings. The summed E-state index contributed by atoms with van der Waals surface area (Å²) in [5.41, 5.74) is 0.906. The number of benzene rings is 1. The SMILES string of the molecule is COC(=O)[C@@H]1C[C@@H](OC)C[C@@H]1NC(=O)OCc1ccccc1. The second-order valence-electron chi connectivity index (χ2n) is 5.27. The molecule has 1 aliphatic carbocycles. The van der Waals surface area contributed by atoms with E-state index in [9.17, 15) is 9.59 Å². The van der Waals surface area contributed by atoms with Gasteiger partial charge in [-0.3, -0.25) is 4.79 Å². The third-order valence-electron chi connectivity index (χ3n) is 3.87. The number of ether oxygens (including phenoxy) is 3. The molecule has 120 valence electrons. The Balaban J connectivity index is 1.87. The van der Waals surface area contributed by atoms with Crippen molar-refractivity contribution >= 4 is 12.1 Å². The zero-order valence-corrected chi connectivity index (χ0v) is 12.8. The average molecular weight is 307 g/mol. The van der Waals surface area contributed by atoms with Gasteiger partial charge < -0.3 is 19.5 Å². The molecule has 6 nitrogen and oxygen atoms in total. The number of carbonyl (C=O) groups excluding carboxylic acids is 2. The number of rotatable bonds is 5. The van der Waals surface area contributed by atoms with Crippen molar-refractivity contribution in [2.75, 3.05) is 14.2 Å². The van der Waals surface area contributed by atoms with E-state index in [0.717, 1.165) is 5.56 Å². The molecule has 0 heterocycles. The summed E-state index contributed by atoms with van der Waals surface area (Å²) >= 11 is 0. The van der Waals surface area contributed by atoms with Crippen LogP contribution in [-0.2, 0) is 25.6 Å². The molecule has 1 N–H and O–H groups in total. The molecule has 0 saturated heterocycles. The van der Waals surface area contributed by atoms with Crippen LogP contribution in [0.1, 0.15) is 18.4 Å². The summed E-state index contributed by atoms with van der Waals surface area (Å²) in [6, 6.07) is 9.07. The van der Waals surface area contributed by atoms with Crippen LogP contribution in [0.3, 0.4) is 0 Å². The Kier molecular flexibility index (Phi) is 5.77. The van der Waals surface area contributed by atoms with Gasteiger partial charge in [0.15, 0.2) is 0 Å². The predicted molar refractivity (Wildman–Crippen MR) is 79.1 cm³/mol. The zero-order valence-electron chi connectivity index (χ0n) is 12.8. The standard InChI is InChI=1S/C16H21NO5/c1-20-12-8-13(15(18)21-2)14(9-12)17-16(19)22-10-11-6-4-3-5-7-11/h3-7,12-14H,8-10H2,1-2H3,(H,17,19)/t12-,13-,14+/m1/s1. The van der Waals surface area contributed by atoms with Crippen LogP contribution >= 0.6 is 0 Å². The van der Waals surface area contributed by atoms with Crippen LogP contribution in [-0.4, -0.2) is 38.4 Å². The molecule has 2 rings (SSSR count). The van der Waals surface area contributed by atoms with Crippen LogP contribution in [0.4, 0.5) is 4.79 Å². The molecule has 3 atom stereocenters. The lowest BCUT2D eigenvalue weighted by atomic mass is 10.0. The van der Waals surface area contributed by atoms with Gasteiger partial charge in [0.2, 0.25) is 0 Å². The van der Waals surface area contributed by atoms with Crippen LogP contribution in [0.2, 0.25) is 0 Å². The summed E-state index contributed by atoms with van der Waals surface area (Å²) in [5, 5.41) is 2.74. The summed E-state index contributed by atoms with van der Waals surface area (Å²) < 4.78 is 15.2. The highest BCUT2D eigenvalue weighted by atomic mass is 16.5. The van der Waals surface area contributed by atoms with Crippen molar-refractivity contribution in [1.29, 1.82) is 0 Å². The molecule has 1 aromatic carbocycles. The topological polar surface area (TPSA) is 73.9 Å². The maximum Gasteiger partial charge on any atom is 0.407 e. The van der Waals surface area contributed by atoms with E-state index in [1.54, 1.807) is 7.11 Å². The molecule has 0 radical (unpaired) electrons.